The largest absolute Gasteiger partial charge is 0.323 e. The second-order valence-electron chi connectivity index (χ2n) is 5.19. The predicted octanol–water partition coefficient (Wildman–Crippen LogP) is 4.21. The molecule has 0 aliphatic heterocycles. The molecule has 0 atom stereocenters. The Bertz CT molecular complexity index is 974. The second kappa shape index (κ2) is 8.38. The Balaban J connectivity index is 1.62. The van der Waals surface area contributed by atoms with E-state index in [1.165, 1.54) is 0 Å². The van der Waals surface area contributed by atoms with E-state index in [-0.39, 0.29) is 27.2 Å². The molecule has 1 heterocycles. The van der Waals surface area contributed by atoms with Gasteiger partial charge in [-0.1, -0.05) is 53.2 Å². The molecule has 3 rings (SSSR count). The van der Waals surface area contributed by atoms with E-state index in [2.05, 4.69) is 15.4 Å². The van der Waals surface area contributed by atoms with Crippen molar-refractivity contribution in [3.63, 3.8) is 0 Å². The minimum atomic E-state index is -0.617. The highest BCUT2D eigenvalue weighted by Gasteiger charge is 2.17. The average Bonchev–Trinajstić information content (AvgIpc) is 3.12. The van der Waals surface area contributed by atoms with Gasteiger partial charge in [-0.25, -0.2) is 9.67 Å². The van der Waals surface area contributed by atoms with Gasteiger partial charge in [0.1, 0.15) is 6.33 Å². The lowest BCUT2D eigenvalue weighted by Crippen LogP contribution is -2.15. The van der Waals surface area contributed by atoms with Crippen molar-refractivity contribution in [1.82, 2.24) is 14.8 Å². The number of para-hydroxylation sites is 1. The fourth-order valence-corrected chi connectivity index (χ4v) is 3.28. The fourth-order valence-electron chi connectivity index (χ4n) is 2.11. The van der Waals surface area contributed by atoms with Gasteiger partial charge in [0, 0.05) is 12.1 Å². The molecule has 1 amide bonds. The highest BCUT2D eigenvalue weighted by atomic mass is 35.5. The Labute approximate surface area is 167 Å². The number of nitro benzene ring substituents is 1. The van der Waals surface area contributed by atoms with E-state index in [9.17, 15) is 14.9 Å². The number of amides is 1. The molecule has 138 valence electrons. The van der Waals surface area contributed by atoms with Gasteiger partial charge in [0.15, 0.2) is 0 Å². The van der Waals surface area contributed by atoms with Crippen molar-refractivity contribution in [3.05, 3.63) is 69.0 Å². The molecule has 0 saturated heterocycles. The molecule has 0 unspecified atom stereocenters. The summed E-state index contributed by atoms with van der Waals surface area (Å²) in [6.07, 6.45) is 1.56. The van der Waals surface area contributed by atoms with Crippen LogP contribution in [-0.4, -0.2) is 31.3 Å². The van der Waals surface area contributed by atoms with Gasteiger partial charge in [-0.3, -0.25) is 14.9 Å². The Hall–Kier alpha value is -2.62. The summed E-state index contributed by atoms with van der Waals surface area (Å²) >= 11 is 13.1. The van der Waals surface area contributed by atoms with Crippen LogP contribution in [0.3, 0.4) is 0 Å². The summed E-state index contributed by atoms with van der Waals surface area (Å²) in [7, 11) is 0. The van der Waals surface area contributed by atoms with E-state index >= 15 is 0 Å². The SMILES string of the molecule is O=C(CSc1ncn(-c2ccccc2)n1)Nc1c(Cl)cc([N+](=O)[O-])cc1Cl. The molecule has 27 heavy (non-hydrogen) atoms. The molecule has 8 nitrogen and oxygen atoms in total. The number of non-ortho nitro benzene ring substituents is 1. The van der Waals surface area contributed by atoms with E-state index in [0.29, 0.717) is 5.16 Å². The van der Waals surface area contributed by atoms with Gasteiger partial charge >= 0.3 is 0 Å². The van der Waals surface area contributed by atoms with Crippen LogP contribution in [0.1, 0.15) is 0 Å². The van der Waals surface area contributed by atoms with Crippen molar-refractivity contribution in [1.29, 1.82) is 0 Å². The first-order valence-corrected chi connectivity index (χ1v) is 9.21. The van der Waals surface area contributed by atoms with E-state index < -0.39 is 10.8 Å². The number of thioether (sulfide) groups is 1. The fraction of sp³-hybridized carbons (Fsp3) is 0.0625. The maximum absolute atomic E-state index is 12.1. The van der Waals surface area contributed by atoms with Gasteiger partial charge in [0.25, 0.3) is 5.69 Å². The zero-order valence-electron chi connectivity index (χ0n) is 13.5. The number of hydrogen-bond donors (Lipinski definition) is 1. The summed E-state index contributed by atoms with van der Waals surface area (Å²) in [5.74, 6) is -0.378. The molecule has 0 radical (unpaired) electrons. The zero-order valence-corrected chi connectivity index (χ0v) is 15.8. The maximum atomic E-state index is 12.1. The number of rotatable bonds is 6. The standard InChI is InChI=1S/C16H11Cl2N5O3S/c17-12-6-11(23(25)26)7-13(18)15(12)20-14(24)8-27-16-19-9-22(21-16)10-4-2-1-3-5-10/h1-7,9H,8H2,(H,20,24). The lowest BCUT2D eigenvalue weighted by Gasteiger charge is -2.08. The number of hydrogen-bond acceptors (Lipinski definition) is 6. The topological polar surface area (TPSA) is 103 Å². The van der Waals surface area contributed by atoms with Crippen LogP contribution in [-0.2, 0) is 4.79 Å². The molecular weight excluding hydrogens is 413 g/mol. The highest BCUT2D eigenvalue weighted by Crippen LogP contribution is 2.34. The van der Waals surface area contributed by atoms with Gasteiger partial charge in [-0.05, 0) is 12.1 Å². The predicted molar refractivity (Wildman–Crippen MR) is 104 cm³/mol. The first-order chi connectivity index (χ1) is 12.9. The van der Waals surface area contributed by atoms with Crippen LogP contribution in [0.2, 0.25) is 10.0 Å². The monoisotopic (exact) mass is 423 g/mol. The molecule has 11 heteroatoms. The molecule has 0 aliphatic carbocycles. The van der Waals surface area contributed by atoms with E-state index in [4.69, 9.17) is 23.2 Å². The Morgan fingerprint density at radius 3 is 2.52 bits per heavy atom. The summed E-state index contributed by atoms with van der Waals surface area (Å²) in [5, 5.41) is 18.0. The van der Waals surface area contributed by atoms with E-state index in [1.54, 1.807) is 11.0 Å². The Morgan fingerprint density at radius 1 is 1.22 bits per heavy atom. The lowest BCUT2D eigenvalue weighted by atomic mass is 10.3. The first-order valence-electron chi connectivity index (χ1n) is 7.47. The molecular formula is C16H11Cl2N5O3S. The van der Waals surface area contributed by atoms with Crippen molar-refractivity contribution in [2.75, 3.05) is 11.1 Å². The molecule has 0 saturated carbocycles. The molecule has 0 bridgehead atoms. The van der Waals surface area contributed by atoms with Crippen LogP contribution in [0.5, 0.6) is 0 Å². The van der Waals surface area contributed by atoms with Gasteiger partial charge < -0.3 is 5.32 Å². The van der Waals surface area contributed by atoms with Crippen LogP contribution in [0, 0.1) is 10.1 Å². The third kappa shape index (κ3) is 4.76. The minimum absolute atomic E-state index is 0.0148. The molecule has 2 aromatic carbocycles. The van der Waals surface area contributed by atoms with Crippen LogP contribution in [0.4, 0.5) is 11.4 Å². The van der Waals surface area contributed by atoms with Crippen LogP contribution < -0.4 is 5.32 Å². The Kier molecular flexibility index (Phi) is 5.94. The number of carbonyl (C=O) groups is 1. The molecule has 0 spiro atoms. The third-order valence-electron chi connectivity index (χ3n) is 3.33. The van der Waals surface area contributed by atoms with Crippen LogP contribution >= 0.6 is 35.0 Å². The molecule has 1 aromatic heterocycles. The van der Waals surface area contributed by atoms with Crippen molar-refractivity contribution < 1.29 is 9.72 Å². The van der Waals surface area contributed by atoms with Crippen LogP contribution in [0.25, 0.3) is 5.69 Å². The summed E-state index contributed by atoms with van der Waals surface area (Å²) in [5.41, 5.74) is 0.719. The average molecular weight is 424 g/mol. The number of nitrogens with one attached hydrogen (secondary N) is 1. The Morgan fingerprint density at radius 2 is 1.89 bits per heavy atom. The molecule has 1 N–H and O–H groups in total. The van der Waals surface area contributed by atoms with Crippen LogP contribution in [0.15, 0.2) is 53.9 Å². The normalized spacial score (nSPS) is 10.6. The van der Waals surface area contributed by atoms with E-state index in [0.717, 1.165) is 29.6 Å². The van der Waals surface area contributed by atoms with Gasteiger partial charge in [-0.15, -0.1) is 5.10 Å². The van der Waals surface area contributed by atoms with Crippen molar-refractivity contribution >= 4 is 52.2 Å². The highest BCUT2D eigenvalue weighted by molar-refractivity contribution is 7.99. The first kappa shape index (κ1) is 19.2. The summed E-state index contributed by atoms with van der Waals surface area (Å²) in [6.45, 7) is 0. The van der Waals surface area contributed by atoms with E-state index in [1.807, 2.05) is 30.3 Å². The van der Waals surface area contributed by atoms with Gasteiger partial charge in [-0.2, -0.15) is 0 Å². The number of carbonyl (C=O) groups excluding carboxylic acids is 1. The number of halogens is 2. The summed E-state index contributed by atoms with van der Waals surface area (Å²) in [6, 6.07) is 11.7. The van der Waals surface area contributed by atoms with Crippen molar-refractivity contribution in [2.24, 2.45) is 0 Å². The smallest absolute Gasteiger partial charge is 0.272 e. The second-order valence-corrected chi connectivity index (χ2v) is 6.94. The van der Waals surface area contributed by atoms with Crippen molar-refractivity contribution in [2.45, 2.75) is 5.16 Å². The number of nitrogens with zero attached hydrogens (tertiary/aromatic N) is 4. The molecule has 3 aromatic rings. The molecule has 0 aliphatic rings. The number of nitro groups is 1. The zero-order chi connectivity index (χ0) is 19.4. The van der Waals surface area contributed by atoms with Gasteiger partial charge in [0.05, 0.1) is 32.1 Å². The summed E-state index contributed by atoms with van der Waals surface area (Å²) in [4.78, 5) is 26.5. The minimum Gasteiger partial charge on any atom is -0.323 e. The third-order valence-corrected chi connectivity index (χ3v) is 4.77. The summed E-state index contributed by atoms with van der Waals surface area (Å²) < 4.78 is 1.60. The maximum Gasteiger partial charge on any atom is 0.272 e. The van der Waals surface area contributed by atoms with Crippen molar-refractivity contribution in [3.8, 4) is 5.69 Å². The van der Waals surface area contributed by atoms with Gasteiger partial charge in [0.2, 0.25) is 11.1 Å². The lowest BCUT2D eigenvalue weighted by molar-refractivity contribution is -0.384. The molecule has 0 fully saturated rings. The number of anilines is 1. The number of benzene rings is 2. The quantitative estimate of drug-likeness (QED) is 0.361. The number of aromatic nitrogens is 3.